The maximum atomic E-state index is 13.1. The second-order valence-corrected chi connectivity index (χ2v) is 9.56. The fourth-order valence-corrected chi connectivity index (χ4v) is 5.63. The molecule has 1 aliphatic rings. The van der Waals surface area contributed by atoms with Crippen molar-refractivity contribution in [2.24, 2.45) is 0 Å². The van der Waals surface area contributed by atoms with Crippen molar-refractivity contribution in [2.45, 2.75) is 18.7 Å². The van der Waals surface area contributed by atoms with E-state index in [0.717, 1.165) is 27.7 Å². The lowest BCUT2D eigenvalue weighted by atomic mass is 10.1. The molecule has 0 radical (unpaired) electrons. The van der Waals surface area contributed by atoms with Gasteiger partial charge < -0.3 is 4.90 Å². The average molecular weight is 417 g/mol. The Morgan fingerprint density at radius 2 is 1.71 bits per heavy atom. The van der Waals surface area contributed by atoms with Crippen LogP contribution < -0.4 is 9.88 Å². The SMILES string of the molecule is Cc1ccc(S(=O)(=O)N2CCN(c3cc[nH+]c4cc(Cl)ccc34)CC2)c(C)c1. The number of sulfonamides is 1. The van der Waals surface area contributed by atoms with E-state index >= 15 is 0 Å². The van der Waals surface area contributed by atoms with Crippen LogP contribution in [0.4, 0.5) is 5.69 Å². The maximum absolute atomic E-state index is 13.1. The Kier molecular flexibility index (Phi) is 5.04. The van der Waals surface area contributed by atoms with Crippen LogP contribution in [0, 0.1) is 13.8 Å². The Bertz CT molecular complexity index is 1140. The summed E-state index contributed by atoms with van der Waals surface area (Å²) in [6.07, 6.45) is 1.90. The number of hydrogen-bond donors (Lipinski definition) is 0. The summed E-state index contributed by atoms with van der Waals surface area (Å²) in [5.41, 5.74) is 3.92. The highest BCUT2D eigenvalue weighted by Crippen LogP contribution is 2.28. The highest BCUT2D eigenvalue weighted by molar-refractivity contribution is 7.89. The number of halogens is 1. The van der Waals surface area contributed by atoms with E-state index < -0.39 is 10.0 Å². The predicted octanol–water partition coefficient (Wildman–Crippen LogP) is 3.44. The third-order valence-corrected chi connectivity index (χ3v) is 7.56. The molecule has 1 saturated heterocycles. The monoisotopic (exact) mass is 416 g/mol. The number of fused-ring (bicyclic) bond motifs is 1. The van der Waals surface area contributed by atoms with E-state index in [1.54, 1.807) is 10.4 Å². The molecular weight excluding hydrogens is 394 g/mol. The molecule has 3 aromatic rings. The summed E-state index contributed by atoms with van der Waals surface area (Å²) in [7, 11) is -3.48. The Hall–Kier alpha value is -2.15. The molecule has 1 aliphatic heterocycles. The molecule has 0 spiro atoms. The lowest BCUT2D eigenvalue weighted by Crippen LogP contribution is -2.48. The number of piperazine rings is 1. The maximum Gasteiger partial charge on any atom is 0.243 e. The first-order valence-corrected chi connectivity index (χ1v) is 11.1. The van der Waals surface area contributed by atoms with Crippen molar-refractivity contribution in [3.8, 4) is 0 Å². The largest absolute Gasteiger partial charge is 0.368 e. The van der Waals surface area contributed by atoms with Gasteiger partial charge in [-0.3, -0.25) is 0 Å². The van der Waals surface area contributed by atoms with Crippen LogP contribution in [0.1, 0.15) is 11.1 Å². The highest BCUT2D eigenvalue weighted by atomic mass is 35.5. The number of aryl methyl sites for hydroxylation is 2. The predicted molar refractivity (Wildman–Crippen MR) is 112 cm³/mol. The summed E-state index contributed by atoms with van der Waals surface area (Å²) in [6.45, 7) is 6.04. The summed E-state index contributed by atoms with van der Waals surface area (Å²) >= 11 is 6.10. The van der Waals surface area contributed by atoms with E-state index in [2.05, 4.69) is 9.88 Å². The van der Waals surface area contributed by atoms with E-state index in [0.29, 0.717) is 36.1 Å². The normalized spacial score (nSPS) is 15.9. The van der Waals surface area contributed by atoms with Gasteiger partial charge in [-0.25, -0.2) is 13.4 Å². The van der Waals surface area contributed by atoms with Crippen LogP contribution in [-0.2, 0) is 10.0 Å². The molecule has 4 rings (SSSR count). The molecule has 0 atom stereocenters. The Balaban J connectivity index is 1.57. The smallest absolute Gasteiger partial charge is 0.243 e. The van der Waals surface area contributed by atoms with Gasteiger partial charge in [0, 0.05) is 43.3 Å². The van der Waals surface area contributed by atoms with Gasteiger partial charge in [-0.2, -0.15) is 4.31 Å². The van der Waals surface area contributed by atoms with E-state index in [4.69, 9.17) is 11.6 Å². The number of nitrogens with zero attached hydrogens (tertiary/aromatic N) is 2. The van der Waals surface area contributed by atoms with Crippen molar-refractivity contribution in [2.75, 3.05) is 31.1 Å². The van der Waals surface area contributed by atoms with Crippen molar-refractivity contribution in [3.05, 3.63) is 64.8 Å². The molecule has 5 nitrogen and oxygen atoms in total. The molecule has 2 aromatic carbocycles. The van der Waals surface area contributed by atoms with Crippen LogP contribution in [0.2, 0.25) is 5.02 Å². The molecule has 0 saturated carbocycles. The topological polar surface area (TPSA) is 54.8 Å². The summed E-state index contributed by atoms with van der Waals surface area (Å²) in [4.78, 5) is 5.86. The second-order valence-electron chi connectivity index (χ2n) is 7.21. The fraction of sp³-hybridized carbons (Fsp3) is 0.286. The molecule has 28 heavy (non-hydrogen) atoms. The van der Waals surface area contributed by atoms with E-state index in [9.17, 15) is 8.42 Å². The van der Waals surface area contributed by atoms with Gasteiger partial charge in [-0.1, -0.05) is 29.3 Å². The molecule has 1 aromatic heterocycles. The first-order chi connectivity index (χ1) is 13.4. The molecule has 146 valence electrons. The molecule has 1 N–H and O–H groups in total. The lowest BCUT2D eigenvalue weighted by Gasteiger charge is -2.35. The van der Waals surface area contributed by atoms with Crippen molar-refractivity contribution in [3.63, 3.8) is 0 Å². The van der Waals surface area contributed by atoms with Gasteiger partial charge >= 0.3 is 0 Å². The number of nitrogens with one attached hydrogen (secondary N) is 1. The van der Waals surface area contributed by atoms with Gasteiger partial charge in [0.15, 0.2) is 6.20 Å². The van der Waals surface area contributed by atoms with Crippen LogP contribution in [-0.4, -0.2) is 38.9 Å². The van der Waals surface area contributed by atoms with Crippen molar-refractivity contribution in [1.29, 1.82) is 0 Å². The zero-order valence-corrected chi connectivity index (χ0v) is 17.5. The molecule has 1 fully saturated rings. The fourth-order valence-electron chi connectivity index (χ4n) is 3.83. The molecular formula is C21H23ClN3O2S+. The molecule has 2 heterocycles. The summed E-state index contributed by atoms with van der Waals surface area (Å²) < 4.78 is 27.8. The Morgan fingerprint density at radius 1 is 0.964 bits per heavy atom. The summed E-state index contributed by atoms with van der Waals surface area (Å²) in [6, 6.07) is 13.3. The van der Waals surface area contributed by atoms with Crippen molar-refractivity contribution < 1.29 is 13.4 Å². The lowest BCUT2D eigenvalue weighted by molar-refractivity contribution is -0.344. The Morgan fingerprint density at radius 3 is 2.43 bits per heavy atom. The zero-order valence-electron chi connectivity index (χ0n) is 15.9. The van der Waals surface area contributed by atoms with E-state index in [1.807, 2.05) is 56.4 Å². The molecule has 7 heteroatoms. The number of rotatable bonds is 3. The number of benzene rings is 2. The highest BCUT2D eigenvalue weighted by Gasteiger charge is 2.30. The first-order valence-electron chi connectivity index (χ1n) is 9.28. The summed E-state index contributed by atoms with van der Waals surface area (Å²) in [5.74, 6) is 0. The van der Waals surface area contributed by atoms with Crippen LogP contribution >= 0.6 is 11.6 Å². The number of pyridine rings is 1. The van der Waals surface area contributed by atoms with Crippen LogP contribution in [0.3, 0.4) is 0 Å². The van der Waals surface area contributed by atoms with Gasteiger partial charge in [-0.05, 0) is 37.6 Å². The van der Waals surface area contributed by atoms with Crippen molar-refractivity contribution >= 4 is 38.2 Å². The third kappa shape index (κ3) is 3.48. The van der Waals surface area contributed by atoms with Gasteiger partial charge in [0.05, 0.1) is 16.0 Å². The first kappa shape index (κ1) is 19.2. The summed E-state index contributed by atoms with van der Waals surface area (Å²) in [5, 5.41) is 1.77. The van der Waals surface area contributed by atoms with Crippen LogP contribution in [0.25, 0.3) is 10.9 Å². The molecule has 0 aliphatic carbocycles. The standard InChI is InChI=1S/C21H22ClN3O2S/c1-15-3-6-21(16(2)13-15)28(26,27)25-11-9-24(10-12-25)20-7-8-23-19-14-17(22)4-5-18(19)20/h3-8,13-14H,9-12H2,1-2H3/p+1. The van der Waals surface area contributed by atoms with Gasteiger partial charge in [0.2, 0.25) is 15.5 Å². The van der Waals surface area contributed by atoms with Gasteiger partial charge in [0.25, 0.3) is 0 Å². The molecule has 0 bridgehead atoms. The minimum atomic E-state index is -3.48. The van der Waals surface area contributed by atoms with Gasteiger partial charge in [-0.15, -0.1) is 0 Å². The number of H-pyrrole nitrogens is 1. The third-order valence-electron chi connectivity index (χ3n) is 5.27. The minimum absolute atomic E-state index is 0.404. The minimum Gasteiger partial charge on any atom is -0.368 e. The number of anilines is 1. The van der Waals surface area contributed by atoms with Crippen molar-refractivity contribution in [1.82, 2.24) is 4.31 Å². The van der Waals surface area contributed by atoms with Crippen LogP contribution in [0.5, 0.6) is 0 Å². The van der Waals surface area contributed by atoms with E-state index in [1.165, 1.54) is 0 Å². The molecule has 0 amide bonds. The quantitative estimate of drug-likeness (QED) is 0.657. The van der Waals surface area contributed by atoms with E-state index in [-0.39, 0.29) is 0 Å². The number of aromatic amines is 1. The molecule has 0 unspecified atom stereocenters. The van der Waals surface area contributed by atoms with Crippen LogP contribution in [0.15, 0.2) is 53.6 Å². The zero-order chi connectivity index (χ0) is 19.9. The van der Waals surface area contributed by atoms with Gasteiger partial charge in [0.1, 0.15) is 0 Å². The Labute approximate surface area is 170 Å². The second kappa shape index (κ2) is 7.35. The number of aromatic nitrogens is 1. The number of hydrogen-bond acceptors (Lipinski definition) is 3. The average Bonchev–Trinajstić information content (AvgIpc) is 2.67.